The number of nitrogens with zero attached hydrogens (tertiary/aromatic N) is 6. The van der Waals surface area contributed by atoms with Crippen LogP contribution >= 0.6 is 11.3 Å². The molecular formula is C39H46N8O3S. The lowest BCUT2D eigenvalue weighted by atomic mass is 10.0. The molecule has 0 unspecified atom stereocenters. The van der Waals surface area contributed by atoms with Gasteiger partial charge in [0, 0.05) is 74.8 Å². The SMILES string of the molecule is C=CC(=O)Nc1cc(Nc2cc(N3OCC[C@@H]3c3cccc(-c4cccs4)c3)ncn2)c(OC)cc1N1CCC(N2CCN(C3CC3)CC2)CC1. The minimum absolute atomic E-state index is 0.0127. The summed E-state index contributed by atoms with van der Waals surface area (Å²) in [4.78, 5) is 36.9. The number of thiophene rings is 1. The molecule has 8 rings (SSSR count). The van der Waals surface area contributed by atoms with Crippen LogP contribution in [-0.2, 0) is 9.63 Å². The topological polar surface area (TPSA) is 98.3 Å². The van der Waals surface area contributed by atoms with E-state index in [0.29, 0.717) is 41.4 Å². The molecule has 0 radical (unpaired) electrons. The Morgan fingerprint density at radius 2 is 1.71 bits per heavy atom. The van der Waals surface area contributed by atoms with Crippen molar-refractivity contribution in [2.75, 3.05) is 73.6 Å². The van der Waals surface area contributed by atoms with E-state index in [9.17, 15) is 4.79 Å². The number of hydroxylamine groups is 1. The van der Waals surface area contributed by atoms with Gasteiger partial charge in [-0.3, -0.25) is 19.4 Å². The average Bonchev–Trinajstić information content (AvgIpc) is 3.64. The van der Waals surface area contributed by atoms with Crippen LogP contribution in [0, 0.1) is 0 Å². The van der Waals surface area contributed by atoms with Crippen molar-refractivity contribution < 1.29 is 14.4 Å². The normalized spacial score (nSPS) is 20.4. The van der Waals surface area contributed by atoms with E-state index in [-0.39, 0.29) is 11.9 Å². The van der Waals surface area contributed by atoms with Crippen LogP contribution in [0.25, 0.3) is 10.4 Å². The Balaban J connectivity index is 0.993. The van der Waals surface area contributed by atoms with Crippen LogP contribution in [0.2, 0.25) is 0 Å². The van der Waals surface area contributed by atoms with Gasteiger partial charge in [0.1, 0.15) is 17.9 Å². The number of benzene rings is 2. The van der Waals surface area contributed by atoms with E-state index >= 15 is 0 Å². The fourth-order valence-corrected chi connectivity index (χ4v) is 8.50. The maximum atomic E-state index is 12.7. The van der Waals surface area contributed by atoms with E-state index in [0.717, 1.165) is 57.2 Å². The lowest BCUT2D eigenvalue weighted by Gasteiger charge is -2.43. The van der Waals surface area contributed by atoms with Gasteiger partial charge in [0.25, 0.3) is 0 Å². The van der Waals surface area contributed by atoms with Crippen LogP contribution in [0.15, 0.2) is 79.0 Å². The van der Waals surface area contributed by atoms with E-state index in [1.165, 1.54) is 54.3 Å². The second-order valence-corrected chi connectivity index (χ2v) is 14.7. The van der Waals surface area contributed by atoms with Crippen LogP contribution in [0.3, 0.4) is 0 Å². The molecule has 5 heterocycles. The number of aromatic nitrogens is 2. The summed E-state index contributed by atoms with van der Waals surface area (Å²) in [5.41, 5.74) is 4.68. The molecule has 1 atom stereocenters. The lowest BCUT2D eigenvalue weighted by Crippen LogP contribution is -2.53. The molecular weight excluding hydrogens is 661 g/mol. The zero-order valence-electron chi connectivity index (χ0n) is 29.2. The van der Waals surface area contributed by atoms with E-state index in [4.69, 9.17) is 9.57 Å². The van der Waals surface area contributed by atoms with Crippen LogP contribution in [0.4, 0.5) is 28.7 Å². The molecule has 3 aliphatic heterocycles. The molecule has 1 saturated carbocycles. The molecule has 51 heavy (non-hydrogen) atoms. The van der Waals surface area contributed by atoms with Gasteiger partial charge in [-0.05, 0) is 66.5 Å². The molecule has 0 bridgehead atoms. The Labute approximate surface area is 303 Å². The largest absolute Gasteiger partial charge is 0.494 e. The highest BCUT2D eigenvalue weighted by atomic mass is 32.1. The summed E-state index contributed by atoms with van der Waals surface area (Å²) in [5, 5.41) is 10.5. The molecule has 2 N–H and O–H groups in total. The number of hydrogen-bond donors (Lipinski definition) is 2. The van der Waals surface area contributed by atoms with Gasteiger partial charge in [0.15, 0.2) is 5.82 Å². The monoisotopic (exact) mass is 706 g/mol. The molecule has 2 aromatic heterocycles. The number of carbonyl (C=O) groups excluding carboxylic acids is 1. The minimum atomic E-state index is -0.263. The molecule has 4 fully saturated rings. The summed E-state index contributed by atoms with van der Waals surface area (Å²) in [7, 11) is 1.66. The summed E-state index contributed by atoms with van der Waals surface area (Å²) >= 11 is 1.73. The Hall–Kier alpha value is -4.49. The van der Waals surface area contributed by atoms with Gasteiger partial charge in [0.2, 0.25) is 5.91 Å². The maximum absolute atomic E-state index is 12.7. The smallest absolute Gasteiger partial charge is 0.247 e. The van der Waals surface area contributed by atoms with Crippen molar-refractivity contribution in [3.05, 3.63) is 84.5 Å². The van der Waals surface area contributed by atoms with Gasteiger partial charge >= 0.3 is 0 Å². The first-order chi connectivity index (χ1) is 25.1. The van der Waals surface area contributed by atoms with Crippen molar-refractivity contribution >= 4 is 45.9 Å². The van der Waals surface area contributed by atoms with Crippen LogP contribution < -0.4 is 25.3 Å². The second kappa shape index (κ2) is 15.0. The average molecular weight is 707 g/mol. The third-order valence-electron chi connectivity index (χ3n) is 10.6. The zero-order chi connectivity index (χ0) is 34.7. The third kappa shape index (κ3) is 7.45. The number of piperidine rings is 1. The van der Waals surface area contributed by atoms with Crippen molar-refractivity contribution in [3.8, 4) is 16.2 Å². The molecule has 266 valence electrons. The van der Waals surface area contributed by atoms with Crippen molar-refractivity contribution in [1.29, 1.82) is 0 Å². The molecule has 1 aliphatic carbocycles. The predicted octanol–water partition coefficient (Wildman–Crippen LogP) is 6.71. The number of carbonyl (C=O) groups is 1. The summed E-state index contributed by atoms with van der Waals surface area (Å²) < 4.78 is 5.92. The first kappa shape index (κ1) is 33.6. The highest BCUT2D eigenvalue weighted by Gasteiger charge is 2.34. The lowest BCUT2D eigenvalue weighted by molar-refractivity contribution is -0.111. The van der Waals surface area contributed by atoms with Crippen molar-refractivity contribution in [2.45, 2.75) is 50.2 Å². The van der Waals surface area contributed by atoms with Gasteiger partial charge in [0.05, 0.1) is 36.8 Å². The Kier molecular flexibility index (Phi) is 9.90. The molecule has 3 saturated heterocycles. The standard InChI is InChI=1S/C39H46N8O3S/c1-3-39(48)43-31-23-32(35(49-2)24-34(31)46-14-11-30(12-15-46)45-18-16-44(17-19-45)29-9-10-29)42-37-25-38(41-26-40-37)47-33(13-20-50-47)27-6-4-7-28(22-27)36-8-5-21-51-36/h3-8,21-26,29-30,33H,1,9-20H2,2H3,(H,43,48)(H,40,41,42)/t33-/m1/s1. The van der Waals surface area contributed by atoms with Crippen LogP contribution in [-0.4, -0.2) is 90.7 Å². The van der Waals surface area contributed by atoms with Crippen LogP contribution in [0.5, 0.6) is 5.75 Å². The number of piperazine rings is 1. The number of methoxy groups -OCH3 is 1. The number of hydrogen-bond acceptors (Lipinski definition) is 11. The van der Waals surface area contributed by atoms with E-state index in [1.807, 2.05) is 23.3 Å². The molecule has 2 aromatic carbocycles. The van der Waals surface area contributed by atoms with Gasteiger partial charge in [-0.25, -0.2) is 15.0 Å². The molecule has 4 aliphatic rings. The summed E-state index contributed by atoms with van der Waals surface area (Å²) in [5.74, 6) is 1.63. The van der Waals surface area contributed by atoms with E-state index in [2.05, 4.69) is 83.7 Å². The number of anilines is 5. The van der Waals surface area contributed by atoms with E-state index in [1.54, 1.807) is 18.4 Å². The minimum Gasteiger partial charge on any atom is -0.494 e. The quantitative estimate of drug-likeness (QED) is 0.164. The van der Waals surface area contributed by atoms with Crippen molar-refractivity contribution in [3.63, 3.8) is 0 Å². The number of amides is 1. The summed E-state index contributed by atoms with van der Waals surface area (Å²) in [6, 6.07) is 20.1. The first-order valence-corrected chi connectivity index (χ1v) is 19.0. The van der Waals surface area contributed by atoms with Crippen molar-refractivity contribution in [1.82, 2.24) is 19.8 Å². The molecule has 12 heteroatoms. The van der Waals surface area contributed by atoms with E-state index < -0.39 is 0 Å². The van der Waals surface area contributed by atoms with Gasteiger partial charge in [-0.15, -0.1) is 11.3 Å². The zero-order valence-corrected chi connectivity index (χ0v) is 30.0. The Bertz CT molecular complexity index is 1830. The van der Waals surface area contributed by atoms with Gasteiger partial charge in [-0.1, -0.05) is 30.8 Å². The molecule has 0 spiro atoms. The Morgan fingerprint density at radius 3 is 2.41 bits per heavy atom. The number of nitrogens with one attached hydrogen (secondary N) is 2. The second-order valence-electron chi connectivity index (χ2n) is 13.7. The number of rotatable bonds is 11. The highest BCUT2D eigenvalue weighted by Crippen LogP contribution is 2.41. The summed E-state index contributed by atoms with van der Waals surface area (Å²) in [6.45, 7) is 10.8. The first-order valence-electron chi connectivity index (χ1n) is 18.1. The molecule has 4 aromatic rings. The maximum Gasteiger partial charge on any atom is 0.247 e. The predicted molar refractivity (Wildman–Crippen MR) is 204 cm³/mol. The highest BCUT2D eigenvalue weighted by molar-refractivity contribution is 7.13. The van der Waals surface area contributed by atoms with Crippen LogP contribution in [0.1, 0.15) is 43.7 Å². The van der Waals surface area contributed by atoms with Crippen molar-refractivity contribution in [2.24, 2.45) is 0 Å². The molecule has 11 nitrogen and oxygen atoms in total. The summed E-state index contributed by atoms with van der Waals surface area (Å²) in [6.07, 6.45) is 8.60. The molecule has 1 amide bonds. The fourth-order valence-electron chi connectivity index (χ4n) is 7.77. The Morgan fingerprint density at radius 1 is 0.922 bits per heavy atom. The third-order valence-corrected chi connectivity index (χ3v) is 11.5. The van der Waals surface area contributed by atoms with Gasteiger partial charge in [-0.2, -0.15) is 0 Å². The van der Waals surface area contributed by atoms with Gasteiger partial charge < -0.3 is 20.3 Å². The number of ether oxygens (including phenoxy) is 1. The fraction of sp³-hybridized carbons (Fsp3) is 0.410.